The monoisotopic (exact) mass is 469 g/mol. The standard InChI is InChI=1S/C25H23N7O3/c1-3-5-21(33)30-13-12-18(14-30)32-24-22(23(26)27-15-28-24)31(25(32)34)17-8-10-19(11-9-17)35-20-7-4-6-16(2)29-20/h4,6-11,15,18H,12-14H2,1-2H3,(H2,26,27,28)/t18-/m1/s1. The fourth-order valence-corrected chi connectivity index (χ4v) is 4.32. The van der Waals surface area contributed by atoms with Crippen molar-refractivity contribution >= 4 is 22.9 Å². The van der Waals surface area contributed by atoms with E-state index in [1.165, 1.54) is 10.9 Å². The van der Waals surface area contributed by atoms with Crippen LogP contribution in [0, 0.1) is 18.8 Å². The van der Waals surface area contributed by atoms with E-state index in [2.05, 4.69) is 26.8 Å². The third-order valence-electron chi connectivity index (χ3n) is 5.91. The number of rotatable bonds is 4. The van der Waals surface area contributed by atoms with Gasteiger partial charge in [0.15, 0.2) is 11.5 Å². The molecule has 0 spiro atoms. The van der Waals surface area contributed by atoms with Crippen molar-refractivity contribution in [3.63, 3.8) is 0 Å². The fraction of sp³-hybridized carbons (Fsp3) is 0.240. The number of benzene rings is 1. The summed E-state index contributed by atoms with van der Waals surface area (Å²) in [6, 6.07) is 12.3. The first-order chi connectivity index (χ1) is 17.0. The molecule has 1 aliphatic heterocycles. The number of nitrogens with zero attached hydrogens (tertiary/aromatic N) is 6. The Balaban J connectivity index is 1.53. The molecule has 0 saturated carbocycles. The number of aryl methyl sites for hydroxylation is 1. The lowest BCUT2D eigenvalue weighted by Gasteiger charge is -2.14. The molecule has 0 unspecified atom stereocenters. The van der Waals surface area contributed by atoms with Crippen LogP contribution in [0.25, 0.3) is 16.9 Å². The summed E-state index contributed by atoms with van der Waals surface area (Å²) < 4.78 is 8.92. The average molecular weight is 470 g/mol. The molecule has 2 N–H and O–H groups in total. The van der Waals surface area contributed by atoms with Crippen molar-refractivity contribution in [3.05, 3.63) is 65.0 Å². The average Bonchev–Trinajstić information content (AvgIpc) is 3.43. The number of carbonyl (C=O) groups excluding carboxylic acids is 1. The number of amides is 1. The van der Waals surface area contributed by atoms with Crippen molar-refractivity contribution in [2.75, 3.05) is 18.8 Å². The van der Waals surface area contributed by atoms with Crippen LogP contribution in [0.2, 0.25) is 0 Å². The maximum Gasteiger partial charge on any atom is 0.335 e. The smallest absolute Gasteiger partial charge is 0.335 e. The van der Waals surface area contributed by atoms with E-state index in [4.69, 9.17) is 10.5 Å². The maximum atomic E-state index is 13.7. The number of ether oxygens (including phenoxy) is 1. The summed E-state index contributed by atoms with van der Waals surface area (Å²) in [5, 5.41) is 0. The molecule has 5 rings (SSSR count). The quantitative estimate of drug-likeness (QED) is 0.456. The summed E-state index contributed by atoms with van der Waals surface area (Å²) >= 11 is 0. The van der Waals surface area contributed by atoms with E-state index in [-0.39, 0.29) is 23.5 Å². The molecule has 1 fully saturated rings. The minimum Gasteiger partial charge on any atom is -0.439 e. The summed E-state index contributed by atoms with van der Waals surface area (Å²) in [5.41, 5.74) is 8.18. The molecule has 0 aliphatic carbocycles. The number of aromatic nitrogens is 5. The predicted octanol–water partition coefficient (Wildman–Crippen LogP) is 2.46. The van der Waals surface area contributed by atoms with Gasteiger partial charge in [-0.05, 0) is 56.5 Å². The van der Waals surface area contributed by atoms with Crippen molar-refractivity contribution < 1.29 is 9.53 Å². The molecule has 10 heteroatoms. The van der Waals surface area contributed by atoms with E-state index in [0.717, 1.165) is 5.69 Å². The van der Waals surface area contributed by atoms with Gasteiger partial charge in [0.2, 0.25) is 5.88 Å². The summed E-state index contributed by atoms with van der Waals surface area (Å²) in [6.07, 6.45) is 1.94. The number of imidazole rings is 1. The fourth-order valence-electron chi connectivity index (χ4n) is 4.32. The molecule has 0 bridgehead atoms. The third-order valence-corrected chi connectivity index (χ3v) is 5.91. The Bertz CT molecular complexity index is 1540. The second-order valence-electron chi connectivity index (χ2n) is 8.20. The molecular formula is C25H23N7O3. The highest BCUT2D eigenvalue weighted by atomic mass is 16.5. The van der Waals surface area contributed by atoms with Crippen LogP contribution < -0.4 is 16.2 Å². The lowest BCUT2D eigenvalue weighted by atomic mass is 10.2. The van der Waals surface area contributed by atoms with Crippen molar-refractivity contribution in [3.8, 4) is 29.2 Å². The number of pyridine rings is 1. The zero-order valence-electron chi connectivity index (χ0n) is 19.3. The molecule has 4 heterocycles. The van der Waals surface area contributed by atoms with Gasteiger partial charge in [0, 0.05) is 24.8 Å². The maximum absolute atomic E-state index is 13.7. The molecule has 4 aromatic rings. The second-order valence-corrected chi connectivity index (χ2v) is 8.20. The van der Waals surface area contributed by atoms with Crippen LogP contribution in [-0.2, 0) is 4.79 Å². The van der Waals surface area contributed by atoms with E-state index < -0.39 is 0 Å². The molecule has 1 aliphatic rings. The summed E-state index contributed by atoms with van der Waals surface area (Å²) in [4.78, 5) is 40.4. The van der Waals surface area contributed by atoms with E-state index in [1.807, 2.05) is 19.1 Å². The SMILES string of the molecule is CC#CC(=O)N1CC[C@@H](n2c(=O)n(-c3ccc(Oc4cccc(C)n4)cc3)c3c(N)ncnc32)C1. The number of hydrogen-bond donors (Lipinski definition) is 1. The number of nitrogens with two attached hydrogens (primary N) is 1. The minimum atomic E-state index is -0.304. The predicted molar refractivity (Wildman–Crippen MR) is 130 cm³/mol. The number of likely N-dealkylation sites (tertiary alicyclic amines) is 1. The van der Waals surface area contributed by atoms with E-state index in [1.54, 1.807) is 46.7 Å². The first-order valence-corrected chi connectivity index (χ1v) is 11.1. The van der Waals surface area contributed by atoms with Crippen molar-refractivity contribution in [2.45, 2.75) is 26.3 Å². The molecular weight excluding hydrogens is 446 g/mol. The number of hydrogen-bond acceptors (Lipinski definition) is 7. The molecule has 1 saturated heterocycles. The third kappa shape index (κ3) is 4.08. The minimum absolute atomic E-state index is 0.193. The molecule has 1 aromatic carbocycles. The Morgan fingerprint density at radius 1 is 1.17 bits per heavy atom. The summed E-state index contributed by atoms with van der Waals surface area (Å²) in [5.74, 6) is 6.19. The molecule has 35 heavy (non-hydrogen) atoms. The Labute approximate surface area is 201 Å². The van der Waals surface area contributed by atoms with Gasteiger partial charge in [-0.3, -0.25) is 13.9 Å². The Kier molecular flexibility index (Phi) is 5.66. The highest BCUT2D eigenvalue weighted by Crippen LogP contribution is 2.28. The zero-order valence-corrected chi connectivity index (χ0v) is 19.3. The van der Waals surface area contributed by atoms with Gasteiger partial charge in [0.25, 0.3) is 5.91 Å². The Morgan fingerprint density at radius 3 is 2.71 bits per heavy atom. The van der Waals surface area contributed by atoms with Gasteiger partial charge in [0.1, 0.15) is 17.6 Å². The molecule has 3 aromatic heterocycles. The topological polar surface area (TPSA) is 121 Å². The van der Waals surface area contributed by atoms with Crippen molar-refractivity contribution in [1.29, 1.82) is 0 Å². The molecule has 176 valence electrons. The molecule has 1 amide bonds. The van der Waals surface area contributed by atoms with Crippen molar-refractivity contribution in [1.82, 2.24) is 29.0 Å². The lowest BCUT2D eigenvalue weighted by Crippen LogP contribution is -2.31. The van der Waals surface area contributed by atoms with E-state index >= 15 is 0 Å². The molecule has 0 radical (unpaired) electrons. The van der Waals surface area contributed by atoms with Gasteiger partial charge >= 0.3 is 5.69 Å². The number of nitrogen functional groups attached to an aromatic ring is 1. The first kappa shape index (κ1) is 22.2. The number of fused-ring (bicyclic) bond motifs is 1. The van der Waals surface area contributed by atoms with Crippen LogP contribution in [0.15, 0.2) is 53.6 Å². The lowest BCUT2D eigenvalue weighted by molar-refractivity contribution is -0.124. The highest BCUT2D eigenvalue weighted by Gasteiger charge is 2.31. The van der Waals surface area contributed by atoms with Gasteiger partial charge < -0.3 is 15.4 Å². The van der Waals surface area contributed by atoms with Crippen LogP contribution in [0.3, 0.4) is 0 Å². The number of carbonyl (C=O) groups is 1. The van der Waals surface area contributed by atoms with E-state index in [0.29, 0.717) is 48.0 Å². The molecule has 1 atom stereocenters. The van der Waals surface area contributed by atoms with E-state index in [9.17, 15) is 9.59 Å². The van der Waals surface area contributed by atoms with Gasteiger partial charge in [0.05, 0.1) is 11.7 Å². The van der Waals surface area contributed by atoms with Crippen LogP contribution in [0.4, 0.5) is 5.82 Å². The van der Waals surface area contributed by atoms with Gasteiger partial charge in [-0.1, -0.05) is 12.0 Å². The Morgan fingerprint density at radius 2 is 1.97 bits per heavy atom. The normalized spacial score (nSPS) is 15.1. The highest BCUT2D eigenvalue weighted by molar-refractivity contribution is 5.93. The van der Waals surface area contributed by atoms with Crippen LogP contribution in [0.5, 0.6) is 11.6 Å². The van der Waals surface area contributed by atoms with Crippen LogP contribution in [0.1, 0.15) is 25.1 Å². The second kappa shape index (κ2) is 8.95. The van der Waals surface area contributed by atoms with Crippen LogP contribution >= 0.6 is 0 Å². The van der Waals surface area contributed by atoms with Gasteiger partial charge in [-0.15, -0.1) is 0 Å². The first-order valence-electron chi connectivity index (χ1n) is 11.1. The summed E-state index contributed by atoms with van der Waals surface area (Å²) in [7, 11) is 0. The number of anilines is 1. The zero-order chi connectivity index (χ0) is 24.5. The largest absolute Gasteiger partial charge is 0.439 e. The molecule has 10 nitrogen and oxygen atoms in total. The van der Waals surface area contributed by atoms with Gasteiger partial charge in [-0.2, -0.15) is 0 Å². The Hall–Kier alpha value is -4.65. The van der Waals surface area contributed by atoms with Crippen molar-refractivity contribution in [2.24, 2.45) is 0 Å². The summed E-state index contributed by atoms with van der Waals surface area (Å²) in [6.45, 7) is 4.39. The van der Waals surface area contributed by atoms with Crippen LogP contribution in [-0.4, -0.2) is 48.0 Å². The van der Waals surface area contributed by atoms with Gasteiger partial charge in [-0.25, -0.2) is 19.7 Å².